The Labute approximate surface area is 189 Å². The molecule has 0 aliphatic carbocycles. The van der Waals surface area contributed by atoms with Crippen molar-refractivity contribution in [2.45, 2.75) is 6.73 Å². The Balaban J connectivity index is 1.42. The van der Waals surface area contributed by atoms with Crippen LogP contribution in [0.15, 0.2) is 67.0 Å². The predicted molar refractivity (Wildman–Crippen MR) is 131 cm³/mol. The normalized spacial score (nSPS) is 12.1. The molecule has 166 valence electrons. The van der Waals surface area contributed by atoms with Crippen molar-refractivity contribution in [3.63, 3.8) is 0 Å². The molecule has 0 spiro atoms. The maximum atomic E-state index is 10.9. The standard InChI is InChI=1S/C25H27N3O3S/c1-32(2,3)13-12-30-18-28-24(10-11-27-28)22-7-9-25(26-16-22)31-23-8-6-20-14-19(17-29)4-5-21(20)15-23/h4-11,14-17H,12-13,18H2,1-3H3. The molecule has 2 heterocycles. The van der Waals surface area contributed by atoms with E-state index in [1.807, 2.05) is 53.2 Å². The quantitative estimate of drug-likeness (QED) is 0.254. The number of nitrogens with zero attached hydrogens (tertiary/aromatic N) is 3. The number of benzene rings is 2. The molecule has 7 heteroatoms. The van der Waals surface area contributed by atoms with Gasteiger partial charge in [-0.1, -0.05) is 18.2 Å². The minimum atomic E-state index is -0.566. The summed E-state index contributed by atoms with van der Waals surface area (Å²) in [5, 5.41) is 6.37. The summed E-state index contributed by atoms with van der Waals surface area (Å²) >= 11 is 0. The average molecular weight is 450 g/mol. The van der Waals surface area contributed by atoms with Crippen LogP contribution in [0.25, 0.3) is 22.0 Å². The monoisotopic (exact) mass is 449 g/mol. The van der Waals surface area contributed by atoms with Gasteiger partial charge < -0.3 is 9.47 Å². The molecule has 0 fully saturated rings. The molecule has 0 bridgehead atoms. The summed E-state index contributed by atoms with van der Waals surface area (Å²) < 4.78 is 13.6. The second-order valence-corrected chi connectivity index (χ2v) is 13.0. The highest BCUT2D eigenvalue weighted by molar-refractivity contribution is 8.32. The first kappa shape index (κ1) is 22.0. The second kappa shape index (κ2) is 9.54. The van der Waals surface area contributed by atoms with Gasteiger partial charge in [0.05, 0.1) is 12.3 Å². The van der Waals surface area contributed by atoms with Gasteiger partial charge >= 0.3 is 0 Å². The highest BCUT2D eigenvalue weighted by Crippen LogP contribution is 2.33. The first-order chi connectivity index (χ1) is 15.4. The van der Waals surface area contributed by atoms with Crippen LogP contribution in [0.1, 0.15) is 10.4 Å². The summed E-state index contributed by atoms with van der Waals surface area (Å²) in [7, 11) is -0.566. The highest BCUT2D eigenvalue weighted by atomic mass is 32.3. The van der Waals surface area contributed by atoms with Gasteiger partial charge in [0.15, 0.2) is 0 Å². The van der Waals surface area contributed by atoms with Crippen molar-refractivity contribution in [3.8, 4) is 22.9 Å². The van der Waals surface area contributed by atoms with Crippen molar-refractivity contribution in [1.29, 1.82) is 0 Å². The molecular formula is C25H27N3O3S. The molecule has 0 saturated carbocycles. The second-order valence-electron chi connectivity index (χ2n) is 8.42. The fourth-order valence-electron chi connectivity index (χ4n) is 3.23. The van der Waals surface area contributed by atoms with Gasteiger partial charge in [-0.05, 0) is 59.9 Å². The molecule has 0 unspecified atom stereocenters. The third kappa shape index (κ3) is 5.55. The van der Waals surface area contributed by atoms with Crippen molar-refractivity contribution in [2.75, 3.05) is 31.1 Å². The van der Waals surface area contributed by atoms with Crippen molar-refractivity contribution >= 4 is 27.1 Å². The largest absolute Gasteiger partial charge is 0.439 e. The minimum absolute atomic E-state index is 0.416. The number of aromatic nitrogens is 3. The lowest BCUT2D eigenvalue weighted by molar-refractivity contribution is 0.0821. The maximum Gasteiger partial charge on any atom is 0.219 e. The predicted octanol–water partition coefficient (Wildman–Crippen LogP) is 5.37. The van der Waals surface area contributed by atoms with Crippen molar-refractivity contribution in [3.05, 3.63) is 72.6 Å². The van der Waals surface area contributed by atoms with Crippen molar-refractivity contribution in [2.24, 2.45) is 0 Å². The SMILES string of the molecule is CS(C)(C)CCOCn1nccc1-c1ccc(Oc2ccc3cc(C=O)ccc3c2)nc1. The number of pyridine rings is 1. The summed E-state index contributed by atoms with van der Waals surface area (Å²) in [5.41, 5.74) is 2.55. The van der Waals surface area contributed by atoms with E-state index in [1.165, 1.54) is 0 Å². The van der Waals surface area contributed by atoms with Gasteiger partial charge in [-0.3, -0.25) is 4.79 Å². The zero-order chi connectivity index (χ0) is 22.6. The fourth-order valence-corrected chi connectivity index (χ4v) is 3.85. The van der Waals surface area contributed by atoms with Gasteiger partial charge in [-0.15, -0.1) is 0 Å². The fraction of sp³-hybridized carbons (Fsp3) is 0.240. The Hall–Kier alpha value is -3.16. The van der Waals surface area contributed by atoms with Crippen LogP contribution in [-0.4, -0.2) is 52.2 Å². The molecule has 6 nitrogen and oxygen atoms in total. The van der Waals surface area contributed by atoms with Crippen LogP contribution in [0, 0.1) is 0 Å². The van der Waals surface area contributed by atoms with E-state index >= 15 is 0 Å². The molecule has 0 radical (unpaired) electrons. The van der Waals surface area contributed by atoms with E-state index in [0.29, 0.717) is 23.9 Å². The molecule has 2 aromatic carbocycles. The van der Waals surface area contributed by atoms with Crippen LogP contribution in [0.5, 0.6) is 11.6 Å². The first-order valence-corrected chi connectivity index (χ1v) is 13.3. The van der Waals surface area contributed by atoms with E-state index in [1.54, 1.807) is 18.5 Å². The average Bonchev–Trinajstić information content (AvgIpc) is 3.25. The number of hydrogen-bond acceptors (Lipinski definition) is 5. The number of hydrogen-bond donors (Lipinski definition) is 0. The van der Waals surface area contributed by atoms with E-state index in [9.17, 15) is 4.79 Å². The molecule has 0 aliphatic heterocycles. The van der Waals surface area contributed by atoms with Gasteiger partial charge in [-0.25, -0.2) is 19.7 Å². The molecule has 0 aliphatic rings. The Morgan fingerprint density at radius 3 is 2.56 bits per heavy atom. The molecule has 4 rings (SSSR count). The molecular weight excluding hydrogens is 422 g/mol. The van der Waals surface area contributed by atoms with Crippen LogP contribution in [0.2, 0.25) is 0 Å². The van der Waals surface area contributed by atoms with Crippen LogP contribution in [0.3, 0.4) is 0 Å². The Bertz CT molecular complexity index is 1210. The van der Waals surface area contributed by atoms with Gasteiger partial charge in [0.1, 0.15) is 18.8 Å². The first-order valence-electron chi connectivity index (χ1n) is 10.3. The number of ether oxygens (including phenoxy) is 2. The number of carbonyl (C=O) groups is 1. The molecule has 0 atom stereocenters. The summed E-state index contributed by atoms with van der Waals surface area (Å²) in [5.74, 6) is 2.27. The summed E-state index contributed by atoms with van der Waals surface area (Å²) in [6, 6.07) is 17.1. The number of rotatable bonds is 9. The highest BCUT2D eigenvalue weighted by Gasteiger charge is 2.09. The molecule has 4 aromatic rings. The topological polar surface area (TPSA) is 66.2 Å². The van der Waals surface area contributed by atoms with Crippen molar-refractivity contribution < 1.29 is 14.3 Å². The van der Waals surface area contributed by atoms with Gasteiger partial charge in [0.2, 0.25) is 5.88 Å². The zero-order valence-electron chi connectivity index (χ0n) is 18.5. The molecule has 0 amide bonds. The third-order valence-electron chi connectivity index (χ3n) is 5.00. The summed E-state index contributed by atoms with van der Waals surface area (Å²) in [4.78, 5) is 15.4. The Morgan fingerprint density at radius 1 is 1.00 bits per heavy atom. The maximum absolute atomic E-state index is 10.9. The number of fused-ring (bicyclic) bond motifs is 1. The zero-order valence-corrected chi connectivity index (χ0v) is 19.3. The van der Waals surface area contributed by atoms with Crippen LogP contribution < -0.4 is 4.74 Å². The summed E-state index contributed by atoms with van der Waals surface area (Å²) in [6.45, 7) is 1.14. The van der Waals surface area contributed by atoms with E-state index in [0.717, 1.165) is 40.7 Å². The Kier molecular flexibility index (Phi) is 6.58. The van der Waals surface area contributed by atoms with Crippen LogP contribution in [0.4, 0.5) is 0 Å². The molecule has 0 N–H and O–H groups in total. The van der Waals surface area contributed by atoms with Gasteiger partial charge in [0, 0.05) is 35.3 Å². The van der Waals surface area contributed by atoms with E-state index in [4.69, 9.17) is 9.47 Å². The van der Waals surface area contributed by atoms with Gasteiger partial charge in [-0.2, -0.15) is 5.10 Å². The lowest BCUT2D eigenvalue weighted by atomic mass is 10.1. The number of carbonyl (C=O) groups excluding carboxylic acids is 1. The lowest BCUT2D eigenvalue weighted by Crippen LogP contribution is -2.11. The molecule has 32 heavy (non-hydrogen) atoms. The molecule has 0 saturated heterocycles. The van der Waals surface area contributed by atoms with E-state index in [-0.39, 0.29) is 0 Å². The van der Waals surface area contributed by atoms with Crippen molar-refractivity contribution in [1.82, 2.24) is 14.8 Å². The van der Waals surface area contributed by atoms with E-state index in [2.05, 4.69) is 28.8 Å². The Morgan fingerprint density at radius 2 is 1.81 bits per heavy atom. The van der Waals surface area contributed by atoms with Gasteiger partial charge in [0.25, 0.3) is 0 Å². The smallest absolute Gasteiger partial charge is 0.219 e. The number of aldehydes is 1. The van der Waals surface area contributed by atoms with Crippen LogP contribution >= 0.6 is 10.0 Å². The molecule has 2 aromatic heterocycles. The van der Waals surface area contributed by atoms with E-state index < -0.39 is 10.0 Å². The van der Waals surface area contributed by atoms with Crippen LogP contribution in [-0.2, 0) is 11.5 Å². The minimum Gasteiger partial charge on any atom is -0.439 e. The third-order valence-corrected chi connectivity index (χ3v) is 6.39. The lowest BCUT2D eigenvalue weighted by Gasteiger charge is -2.24. The summed E-state index contributed by atoms with van der Waals surface area (Å²) in [6.07, 6.45) is 11.2.